The van der Waals surface area contributed by atoms with E-state index in [1.165, 1.54) is 0 Å². The molecule has 1 aromatic rings. The van der Waals surface area contributed by atoms with E-state index in [4.69, 9.17) is 17.3 Å². The number of rotatable bonds is 7. The Morgan fingerprint density at radius 1 is 1.41 bits per heavy atom. The van der Waals surface area contributed by atoms with Crippen molar-refractivity contribution < 1.29 is 0 Å². The van der Waals surface area contributed by atoms with E-state index in [0.717, 1.165) is 38.3 Å². The average Bonchev–Trinajstić information content (AvgIpc) is 2.71. The molecule has 0 saturated heterocycles. The zero-order chi connectivity index (χ0) is 12.8. The van der Waals surface area contributed by atoms with Gasteiger partial charge in [0.1, 0.15) is 0 Å². The summed E-state index contributed by atoms with van der Waals surface area (Å²) in [7, 11) is 0. The van der Waals surface area contributed by atoms with Gasteiger partial charge in [-0.15, -0.1) is 0 Å². The lowest BCUT2D eigenvalue weighted by atomic mass is 10.1. The van der Waals surface area contributed by atoms with Gasteiger partial charge in [-0.25, -0.2) is 0 Å². The molecule has 0 spiro atoms. The van der Waals surface area contributed by atoms with Gasteiger partial charge in [0.15, 0.2) is 0 Å². The fourth-order valence-electron chi connectivity index (χ4n) is 1.99. The first kappa shape index (κ1) is 14.5. The Labute approximate surface area is 109 Å². The minimum atomic E-state index is -0.0365. The summed E-state index contributed by atoms with van der Waals surface area (Å²) in [5, 5.41) is 4.89. The quantitative estimate of drug-likeness (QED) is 0.816. The number of aryl methyl sites for hydroxylation is 1. The van der Waals surface area contributed by atoms with E-state index < -0.39 is 0 Å². The van der Waals surface area contributed by atoms with Crippen LogP contribution >= 0.6 is 11.6 Å². The van der Waals surface area contributed by atoms with E-state index in [2.05, 4.69) is 23.8 Å². The second-order valence-corrected chi connectivity index (χ2v) is 4.52. The van der Waals surface area contributed by atoms with E-state index in [-0.39, 0.29) is 6.04 Å². The molecule has 0 aliphatic rings. The molecule has 1 unspecified atom stereocenters. The summed E-state index contributed by atoms with van der Waals surface area (Å²) < 4.78 is 1.88. The van der Waals surface area contributed by atoms with Crippen LogP contribution in [-0.4, -0.2) is 34.3 Å². The summed E-state index contributed by atoms with van der Waals surface area (Å²) in [6.07, 6.45) is 2.59. The average molecular weight is 259 g/mol. The Balaban J connectivity index is 2.62. The molecule has 1 rings (SSSR count). The van der Waals surface area contributed by atoms with Crippen molar-refractivity contribution in [3.63, 3.8) is 0 Å². The van der Waals surface area contributed by atoms with Gasteiger partial charge >= 0.3 is 0 Å². The maximum Gasteiger partial charge on any atom is 0.0834 e. The first-order chi connectivity index (χ1) is 8.13. The monoisotopic (exact) mass is 258 g/mol. The molecule has 1 heterocycles. The predicted octanol–water partition coefficient (Wildman–Crippen LogP) is 2.29. The van der Waals surface area contributed by atoms with Gasteiger partial charge in [0.05, 0.1) is 16.9 Å². The third-order valence-electron chi connectivity index (χ3n) is 3.13. The summed E-state index contributed by atoms with van der Waals surface area (Å²) >= 11 is 6.12. The molecule has 0 amide bonds. The molecule has 1 atom stereocenters. The Morgan fingerprint density at radius 3 is 2.59 bits per heavy atom. The van der Waals surface area contributed by atoms with Gasteiger partial charge in [0, 0.05) is 12.6 Å². The smallest absolute Gasteiger partial charge is 0.0834 e. The van der Waals surface area contributed by atoms with E-state index in [9.17, 15) is 0 Å². The number of hydrogen-bond donors (Lipinski definition) is 1. The van der Waals surface area contributed by atoms with Crippen molar-refractivity contribution >= 4 is 11.6 Å². The molecule has 0 aliphatic heterocycles. The lowest BCUT2D eigenvalue weighted by Gasteiger charge is -2.21. The highest BCUT2D eigenvalue weighted by molar-refractivity contribution is 6.31. The van der Waals surface area contributed by atoms with Crippen molar-refractivity contribution in [3.05, 3.63) is 16.9 Å². The SMILES string of the molecule is CCN(CC)CCC(N)c1c(Cl)cnn1CC. The summed E-state index contributed by atoms with van der Waals surface area (Å²) in [6, 6.07) is -0.0365. The Kier molecular flexibility index (Phi) is 5.95. The van der Waals surface area contributed by atoms with Crippen molar-refractivity contribution in [1.82, 2.24) is 14.7 Å². The van der Waals surface area contributed by atoms with E-state index in [1.807, 2.05) is 11.6 Å². The number of halogens is 1. The molecule has 17 heavy (non-hydrogen) atoms. The second-order valence-electron chi connectivity index (χ2n) is 4.12. The van der Waals surface area contributed by atoms with Gasteiger partial charge in [-0.2, -0.15) is 5.10 Å². The first-order valence-corrected chi connectivity index (χ1v) is 6.70. The van der Waals surface area contributed by atoms with Crippen LogP contribution in [0.5, 0.6) is 0 Å². The second kappa shape index (κ2) is 6.99. The largest absolute Gasteiger partial charge is 0.323 e. The van der Waals surface area contributed by atoms with Crippen LogP contribution in [-0.2, 0) is 6.54 Å². The van der Waals surface area contributed by atoms with Crippen LogP contribution in [0.2, 0.25) is 5.02 Å². The van der Waals surface area contributed by atoms with Crippen LogP contribution in [0, 0.1) is 0 Å². The molecule has 5 heteroatoms. The third kappa shape index (κ3) is 3.69. The van der Waals surface area contributed by atoms with Crippen molar-refractivity contribution in [3.8, 4) is 0 Å². The lowest BCUT2D eigenvalue weighted by molar-refractivity contribution is 0.288. The molecular formula is C12H23ClN4. The van der Waals surface area contributed by atoms with Crippen molar-refractivity contribution in [2.75, 3.05) is 19.6 Å². The first-order valence-electron chi connectivity index (χ1n) is 6.33. The fraction of sp³-hybridized carbons (Fsp3) is 0.750. The summed E-state index contributed by atoms with van der Waals surface area (Å²) in [4.78, 5) is 2.36. The molecule has 0 aliphatic carbocycles. The molecule has 0 saturated carbocycles. The van der Waals surface area contributed by atoms with Crippen LogP contribution in [0.4, 0.5) is 0 Å². The molecule has 1 aromatic heterocycles. The van der Waals surface area contributed by atoms with Gasteiger partial charge in [-0.3, -0.25) is 4.68 Å². The lowest BCUT2D eigenvalue weighted by Crippen LogP contribution is -2.28. The number of nitrogens with zero attached hydrogens (tertiary/aromatic N) is 3. The highest BCUT2D eigenvalue weighted by Crippen LogP contribution is 2.23. The van der Waals surface area contributed by atoms with Crippen LogP contribution in [0.3, 0.4) is 0 Å². The predicted molar refractivity (Wildman–Crippen MR) is 72.2 cm³/mol. The van der Waals surface area contributed by atoms with Crippen LogP contribution < -0.4 is 5.73 Å². The fourth-order valence-corrected chi connectivity index (χ4v) is 2.27. The zero-order valence-electron chi connectivity index (χ0n) is 11.0. The molecule has 0 bridgehead atoms. The Morgan fingerprint density at radius 2 is 2.06 bits per heavy atom. The van der Waals surface area contributed by atoms with Gasteiger partial charge < -0.3 is 10.6 Å². The van der Waals surface area contributed by atoms with Crippen molar-refractivity contribution in [2.45, 2.75) is 39.8 Å². The standard InChI is InChI=1S/C12H23ClN4/c1-4-16(5-2)8-7-11(14)12-10(13)9-15-17(12)6-3/h9,11H,4-8,14H2,1-3H3. The maximum atomic E-state index is 6.20. The van der Waals surface area contributed by atoms with Crippen molar-refractivity contribution in [1.29, 1.82) is 0 Å². The Hall–Kier alpha value is -0.580. The van der Waals surface area contributed by atoms with Gasteiger partial charge in [-0.1, -0.05) is 25.4 Å². The summed E-state index contributed by atoms with van der Waals surface area (Å²) in [5.74, 6) is 0. The minimum Gasteiger partial charge on any atom is -0.323 e. The summed E-state index contributed by atoms with van der Waals surface area (Å²) in [5.41, 5.74) is 7.16. The highest BCUT2D eigenvalue weighted by atomic mass is 35.5. The number of aromatic nitrogens is 2. The van der Waals surface area contributed by atoms with Gasteiger partial charge in [0.25, 0.3) is 0 Å². The Bertz CT molecular complexity index is 333. The van der Waals surface area contributed by atoms with Gasteiger partial charge in [0.2, 0.25) is 0 Å². The normalized spacial score (nSPS) is 13.3. The number of hydrogen-bond acceptors (Lipinski definition) is 3. The van der Waals surface area contributed by atoms with E-state index in [1.54, 1.807) is 6.20 Å². The van der Waals surface area contributed by atoms with E-state index >= 15 is 0 Å². The molecule has 2 N–H and O–H groups in total. The number of nitrogens with two attached hydrogens (primary N) is 1. The van der Waals surface area contributed by atoms with Crippen LogP contribution in [0.25, 0.3) is 0 Å². The summed E-state index contributed by atoms with van der Waals surface area (Å²) in [6.45, 7) is 10.3. The molecule has 0 aromatic carbocycles. The van der Waals surface area contributed by atoms with Crippen LogP contribution in [0.1, 0.15) is 38.9 Å². The van der Waals surface area contributed by atoms with E-state index in [0.29, 0.717) is 5.02 Å². The molecule has 0 radical (unpaired) electrons. The highest BCUT2D eigenvalue weighted by Gasteiger charge is 2.16. The third-order valence-corrected chi connectivity index (χ3v) is 3.43. The molecule has 4 nitrogen and oxygen atoms in total. The molecule has 98 valence electrons. The zero-order valence-corrected chi connectivity index (χ0v) is 11.7. The maximum absolute atomic E-state index is 6.20. The minimum absolute atomic E-state index is 0.0365. The topological polar surface area (TPSA) is 47.1 Å². The van der Waals surface area contributed by atoms with Crippen LogP contribution in [0.15, 0.2) is 6.20 Å². The van der Waals surface area contributed by atoms with Gasteiger partial charge in [-0.05, 0) is 33.0 Å². The van der Waals surface area contributed by atoms with Crippen molar-refractivity contribution in [2.24, 2.45) is 5.73 Å². The molecular weight excluding hydrogens is 236 g/mol. The molecule has 0 fully saturated rings.